The van der Waals surface area contributed by atoms with Crippen LogP contribution in [-0.4, -0.2) is 30.8 Å². The lowest BCUT2D eigenvalue weighted by molar-refractivity contribution is -0.117. The number of carbonyl (C=O) groups excluding carboxylic acids is 3. The van der Waals surface area contributed by atoms with Crippen molar-refractivity contribution in [3.05, 3.63) is 51.2 Å². The van der Waals surface area contributed by atoms with Crippen LogP contribution in [0.4, 0.5) is 5.69 Å². The van der Waals surface area contributed by atoms with E-state index in [-0.39, 0.29) is 18.3 Å². The summed E-state index contributed by atoms with van der Waals surface area (Å²) < 4.78 is 5.14. The number of aryl methyl sites for hydroxylation is 2. The fraction of sp³-hybridized carbons (Fsp3) is 0.316. The quantitative estimate of drug-likeness (QED) is 0.607. The second-order valence-corrected chi connectivity index (χ2v) is 7.48. The van der Waals surface area contributed by atoms with Gasteiger partial charge in [0.25, 0.3) is 0 Å². The van der Waals surface area contributed by atoms with E-state index in [0.717, 1.165) is 21.9 Å². The van der Waals surface area contributed by atoms with Gasteiger partial charge in [0.15, 0.2) is 12.4 Å². The first-order valence-corrected chi connectivity index (χ1v) is 8.95. The zero-order chi connectivity index (χ0) is 18.0. The molecule has 130 valence electrons. The molecule has 1 aliphatic heterocycles. The van der Waals surface area contributed by atoms with Gasteiger partial charge in [-0.3, -0.25) is 9.59 Å². The third-order valence-electron chi connectivity index (χ3n) is 4.17. The summed E-state index contributed by atoms with van der Waals surface area (Å²) in [5.74, 6) is -0.638. The van der Waals surface area contributed by atoms with Crippen LogP contribution in [0.1, 0.15) is 43.3 Å². The largest absolute Gasteiger partial charge is 0.454 e. The standard InChI is InChI=1S/C19H19NO4S/c1-12-10-16(13(2)25-12)19(23)24-11-17(21)14-5-7-15(8-6-14)20-9-3-4-18(20)22/h5-8,10H,3-4,9,11H2,1-2H3. The highest BCUT2D eigenvalue weighted by atomic mass is 32.1. The Bertz CT molecular complexity index is 822. The van der Waals surface area contributed by atoms with Crippen LogP contribution in [-0.2, 0) is 9.53 Å². The van der Waals surface area contributed by atoms with Crippen LogP contribution in [0.25, 0.3) is 0 Å². The first-order valence-electron chi connectivity index (χ1n) is 8.13. The number of ketones is 1. The molecule has 0 spiro atoms. The number of amides is 1. The summed E-state index contributed by atoms with van der Waals surface area (Å²) >= 11 is 1.52. The summed E-state index contributed by atoms with van der Waals surface area (Å²) in [6.45, 7) is 4.19. The molecule has 0 atom stereocenters. The van der Waals surface area contributed by atoms with Crippen molar-refractivity contribution < 1.29 is 19.1 Å². The Morgan fingerprint density at radius 3 is 2.48 bits per heavy atom. The number of rotatable bonds is 5. The van der Waals surface area contributed by atoms with Crippen molar-refractivity contribution in [2.45, 2.75) is 26.7 Å². The van der Waals surface area contributed by atoms with Gasteiger partial charge in [0.1, 0.15) is 0 Å². The first kappa shape index (κ1) is 17.4. The minimum Gasteiger partial charge on any atom is -0.454 e. The fourth-order valence-electron chi connectivity index (χ4n) is 2.87. The highest BCUT2D eigenvalue weighted by Gasteiger charge is 2.22. The van der Waals surface area contributed by atoms with Crippen molar-refractivity contribution in [3.63, 3.8) is 0 Å². The maximum Gasteiger partial charge on any atom is 0.339 e. The highest BCUT2D eigenvalue weighted by molar-refractivity contribution is 7.12. The van der Waals surface area contributed by atoms with Gasteiger partial charge in [-0.1, -0.05) is 0 Å². The minimum atomic E-state index is -0.477. The molecule has 1 amide bonds. The molecule has 0 saturated carbocycles. The molecule has 1 aliphatic rings. The smallest absolute Gasteiger partial charge is 0.339 e. The maximum absolute atomic E-state index is 12.2. The number of esters is 1. The van der Waals surface area contributed by atoms with Gasteiger partial charge < -0.3 is 9.64 Å². The van der Waals surface area contributed by atoms with Gasteiger partial charge in [0.2, 0.25) is 5.91 Å². The van der Waals surface area contributed by atoms with Crippen molar-refractivity contribution >= 4 is 34.7 Å². The van der Waals surface area contributed by atoms with E-state index < -0.39 is 5.97 Å². The molecule has 0 bridgehead atoms. The number of hydrogen-bond acceptors (Lipinski definition) is 5. The Balaban J connectivity index is 1.60. The molecule has 1 aromatic carbocycles. The summed E-state index contributed by atoms with van der Waals surface area (Å²) in [4.78, 5) is 39.6. The normalized spacial score (nSPS) is 14.0. The van der Waals surface area contributed by atoms with Crippen LogP contribution in [0.5, 0.6) is 0 Å². The van der Waals surface area contributed by atoms with Gasteiger partial charge in [-0.05, 0) is 50.6 Å². The summed E-state index contributed by atoms with van der Waals surface area (Å²) in [5.41, 5.74) is 1.76. The van der Waals surface area contributed by atoms with Gasteiger partial charge >= 0.3 is 5.97 Å². The number of carbonyl (C=O) groups is 3. The molecule has 6 heteroatoms. The van der Waals surface area contributed by atoms with Crippen molar-refractivity contribution in [1.82, 2.24) is 0 Å². The molecule has 2 heterocycles. The lowest BCUT2D eigenvalue weighted by atomic mass is 10.1. The van der Waals surface area contributed by atoms with Crippen LogP contribution in [0, 0.1) is 13.8 Å². The SMILES string of the molecule is Cc1cc(C(=O)OCC(=O)c2ccc(N3CCCC3=O)cc2)c(C)s1. The number of ether oxygens (including phenoxy) is 1. The minimum absolute atomic E-state index is 0.106. The van der Waals surface area contributed by atoms with E-state index in [1.807, 2.05) is 13.8 Å². The molecular formula is C19H19NO4S. The number of Topliss-reactive ketones (excluding diaryl/α,β-unsaturated/α-hetero) is 1. The van der Waals surface area contributed by atoms with Crippen LogP contribution in [0.3, 0.4) is 0 Å². The number of benzene rings is 1. The molecular weight excluding hydrogens is 338 g/mol. The molecule has 0 N–H and O–H groups in total. The zero-order valence-electron chi connectivity index (χ0n) is 14.2. The van der Waals surface area contributed by atoms with E-state index in [4.69, 9.17) is 4.74 Å². The summed E-state index contributed by atoms with van der Waals surface area (Å²) in [6.07, 6.45) is 1.43. The molecule has 0 aliphatic carbocycles. The Morgan fingerprint density at radius 1 is 1.20 bits per heavy atom. The molecule has 0 radical (unpaired) electrons. The van der Waals surface area contributed by atoms with Gasteiger partial charge in [0.05, 0.1) is 5.56 Å². The lowest BCUT2D eigenvalue weighted by Gasteiger charge is -2.15. The molecule has 25 heavy (non-hydrogen) atoms. The zero-order valence-corrected chi connectivity index (χ0v) is 15.0. The van der Waals surface area contributed by atoms with Crippen molar-refractivity contribution in [2.24, 2.45) is 0 Å². The molecule has 0 unspecified atom stereocenters. The summed E-state index contributed by atoms with van der Waals surface area (Å²) in [5, 5.41) is 0. The first-order chi connectivity index (χ1) is 12.0. The molecule has 3 rings (SSSR count). The van der Waals surface area contributed by atoms with Crippen LogP contribution in [0.2, 0.25) is 0 Å². The monoisotopic (exact) mass is 357 g/mol. The van der Waals surface area contributed by atoms with Gasteiger partial charge in [0, 0.05) is 34.0 Å². The fourth-order valence-corrected chi connectivity index (χ4v) is 3.79. The third kappa shape index (κ3) is 3.79. The number of thiophene rings is 1. The molecule has 1 fully saturated rings. The van der Waals surface area contributed by atoms with Crippen LogP contribution < -0.4 is 4.90 Å². The maximum atomic E-state index is 12.2. The second-order valence-electron chi connectivity index (χ2n) is 6.02. The average molecular weight is 357 g/mol. The Labute approximate surface area is 150 Å². The summed E-state index contributed by atoms with van der Waals surface area (Å²) in [6, 6.07) is 8.61. The number of hydrogen-bond donors (Lipinski definition) is 0. The van der Waals surface area contributed by atoms with E-state index in [0.29, 0.717) is 24.1 Å². The van der Waals surface area contributed by atoms with Crippen molar-refractivity contribution in [1.29, 1.82) is 0 Å². The highest BCUT2D eigenvalue weighted by Crippen LogP contribution is 2.23. The summed E-state index contributed by atoms with van der Waals surface area (Å²) in [7, 11) is 0. The Morgan fingerprint density at radius 2 is 1.92 bits per heavy atom. The lowest BCUT2D eigenvalue weighted by Crippen LogP contribution is -2.23. The van der Waals surface area contributed by atoms with Crippen LogP contribution >= 0.6 is 11.3 Å². The number of nitrogens with zero attached hydrogens (tertiary/aromatic N) is 1. The number of anilines is 1. The van der Waals surface area contributed by atoms with Gasteiger partial charge in [-0.15, -0.1) is 11.3 Å². The van der Waals surface area contributed by atoms with E-state index in [2.05, 4.69) is 0 Å². The molecule has 2 aromatic rings. The average Bonchev–Trinajstić information content (AvgIpc) is 3.17. The molecule has 1 aromatic heterocycles. The van der Waals surface area contributed by atoms with Gasteiger partial charge in [-0.2, -0.15) is 0 Å². The van der Waals surface area contributed by atoms with E-state index in [9.17, 15) is 14.4 Å². The van der Waals surface area contributed by atoms with Crippen LogP contribution in [0.15, 0.2) is 30.3 Å². The van der Waals surface area contributed by atoms with Gasteiger partial charge in [-0.25, -0.2) is 4.79 Å². The third-order valence-corrected chi connectivity index (χ3v) is 5.14. The predicted octanol–water partition coefficient (Wildman–Crippen LogP) is 3.53. The van der Waals surface area contributed by atoms with Crippen molar-refractivity contribution in [3.8, 4) is 0 Å². The molecule has 5 nitrogen and oxygen atoms in total. The molecule has 1 saturated heterocycles. The van der Waals surface area contributed by atoms with E-state index in [1.165, 1.54) is 11.3 Å². The van der Waals surface area contributed by atoms with E-state index >= 15 is 0 Å². The topological polar surface area (TPSA) is 63.7 Å². The van der Waals surface area contributed by atoms with Crippen molar-refractivity contribution in [2.75, 3.05) is 18.1 Å². The Kier molecular flexibility index (Phi) is 4.99. The van der Waals surface area contributed by atoms with E-state index in [1.54, 1.807) is 35.2 Å². The predicted molar refractivity (Wildman–Crippen MR) is 96.4 cm³/mol. The second kappa shape index (κ2) is 7.19. The Hall–Kier alpha value is -2.47.